The molecule has 1 heterocycles. The molecule has 2 N–H and O–H groups in total. The first kappa shape index (κ1) is 18.9. The first-order valence-corrected chi connectivity index (χ1v) is 9.18. The molecule has 2 amide bonds. The van der Waals surface area contributed by atoms with E-state index in [1.54, 1.807) is 31.2 Å². The van der Waals surface area contributed by atoms with Crippen LogP contribution in [0.4, 0.5) is 10.1 Å². The van der Waals surface area contributed by atoms with Crippen LogP contribution in [0.15, 0.2) is 42.5 Å². The molecule has 5 nitrogen and oxygen atoms in total. The molecular weight excluding hydrogens is 345 g/mol. The van der Waals surface area contributed by atoms with Crippen LogP contribution in [0.3, 0.4) is 0 Å². The second-order valence-electron chi connectivity index (χ2n) is 6.79. The van der Waals surface area contributed by atoms with Crippen LogP contribution in [0.2, 0.25) is 0 Å². The maximum Gasteiger partial charge on any atom is 0.253 e. The SMILES string of the molecule is Cc1ccc(NCC(=O)NCc2ccc(C(=O)N3CCCC3)cc2)cc1F. The molecule has 0 aliphatic carbocycles. The van der Waals surface area contributed by atoms with E-state index < -0.39 is 0 Å². The van der Waals surface area contributed by atoms with Crippen LogP contribution in [-0.4, -0.2) is 36.3 Å². The topological polar surface area (TPSA) is 61.4 Å². The molecule has 2 aromatic carbocycles. The van der Waals surface area contributed by atoms with Gasteiger partial charge in [0.2, 0.25) is 5.91 Å². The summed E-state index contributed by atoms with van der Waals surface area (Å²) in [6, 6.07) is 12.1. The van der Waals surface area contributed by atoms with Gasteiger partial charge >= 0.3 is 0 Å². The predicted octanol–water partition coefficient (Wildman–Crippen LogP) is 3.10. The molecule has 2 aromatic rings. The zero-order chi connectivity index (χ0) is 19.2. The summed E-state index contributed by atoms with van der Waals surface area (Å²) in [5.74, 6) is -0.421. The van der Waals surface area contributed by atoms with Crippen LogP contribution >= 0.6 is 0 Å². The molecule has 1 fully saturated rings. The Morgan fingerprint density at radius 2 is 1.78 bits per heavy atom. The number of hydrogen-bond acceptors (Lipinski definition) is 3. The van der Waals surface area contributed by atoms with Gasteiger partial charge in [0.15, 0.2) is 0 Å². The molecule has 1 aliphatic heterocycles. The lowest BCUT2D eigenvalue weighted by Gasteiger charge is -2.15. The van der Waals surface area contributed by atoms with Gasteiger partial charge in [0.25, 0.3) is 5.91 Å². The van der Waals surface area contributed by atoms with E-state index in [4.69, 9.17) is 0 Å². The van der Waals surface area contributed by atoms with Crippen molar-refractivity contribution in [2.24, 2.45) is 0 Å². The van der Waals surface area contributed by atoms with Gasteiger partial charge in [0.1, 0.15) is 5.82 Å². The number of nitrogens with one attached hydrogen (secondary N) is 2. The fourth-order valence-corrected chi connectivity index (χ4v) is 3.02. The number of carbonyl (C=O) groups is 2. The number of likely N-dealkylation sites (tertiary alicyclic amines) is 1. The third-order valence-electron chi connectivity index (χ3n) is 4.71. The van der Waals surface area contributed by atoms with E-state index >= 15 is 0 Å². The molecule has 142 valence electrons. The summed E-state index contributed by atoms with van der Waals surface area (Å²) in [5, 5.41) is 5.71. The number of nitrogens with zero attached hydrogens (tertiary/aromatic N) is 1. The number of carbonyl (C=O) groups excluding carboxylic acids is 2. The molecule has 1 aliphatic rings. The van der Waals surface area contributed by atoms with Gasteiger partial charge in [0.05, 0.1) is 6.54 Å². The molecule has 0 radical (unpaired) electrons. The van der Waals surface area contributed by atoms with Crippen molar-refractivity contribution in [3.63, 3.8) is 0 Å². The highest BCUT2D eigenvalue weighted by Crippen LogP contribution is 2.14. The van der Waals surface area contributed by atoms with Crippen LogP contribution < -0.4 is 10.6 Å². The average molecular weight is 369 g/mol. The van der Waals surface area contributed by atoms with Crippen molar-refractivity contribution < 1.29 is 14.0 Å². The first-order chi connectivity index (χ1) is 13.0. The summed E-state index contributed by atoms with van der Waals surface area (Å²) >= 11 is 0. The minimum Gasteiger partial charge on any atom is -0.376 e. The molecule has 0 unspecified atom stereocenters. The van der Waals surface area contributed by atoms with Gasteiger partial charge in [-0.2, -0.15) is 0 Å². The van der Waals surface area contributed by atoms with Gasteiger partial charge in [-0.3, -0.25) is 9.59 Å². The lowest BCUT2D eigenvalue weighted by molar-refractivity contribution is -0.119. The third-order valence-corrected chi connectivity index (χ3v) is 4.71. The standard InChI is InChI=1S/C21H24FN3O2/c1-15-4-9-18(12-19(15)22)23-14-20(26)24-13-16-5-7-17(8-6-16)21(27)25-10-2-3-11-25/h4-9,12,23H,2-3,10-11,13-14H2,1H3,(H,24,26). The Balaban J connectivity index is 1.45. The summed E-state index contributed by atoms with van der Waals surface area (Å²) in [7, 11) is 0. The second kappa shape index (κ2) is 8.66. The van der Waals surface area contributed by atoms with E-state index in [1.807, 2.05) is 17.0 Å². The van der Waals surface area contributed by atoms with E-state index in [9.17, 15) is 14.0 Å². The largest absolute Gasteiger partial charge is 0.376 e. The van der Waals surface area contributed by atoms with Crippen molar-refractivity contribution in [1.29, 1.82) is 0 Å². The summed E-state index contributed by atoms with van der Waals surface area (Å²) in [4.78, 5) is 26.1. The molecular formula is C21H24FN3O2. The minimum absolute atomic E-state index is 0.0635. The molecule has 0 spiro atoms. The first-order valence-electron chi connectivity index (χ1n) is 9.18. The zero-order valence-corrected chi connectivity index (χ0v) is 15.4. The van der Waals surface area contributed by atoms with Gasteiger partial charge in [-0.05, 0) is 55.2 Å². The Bertz CT molecular complexity index is 815. The monoisotopic (exact) mass is 369 g/mol. The van der Waals surface area contributed by atoms with E-state index in [1.165, 1.54) is 6.07 Å². The molecule has 0 atom stereocenters. The Morgan fingerprint density at radius 3 is 2.44 bits per heavy atom. The molecule has 3 rings (SSSR count). The number of amides is 2. The van der Waals surface area contributed by atoms with E-state index in [0.717, 1.165) is 31.5 Å². The molecule has 1 saturated heterocycles. The normalized spacial score (nSPS) is 13.5. The summed E-state index contributed by atoms with van der Waals surface area (Å²) in [6.45, 7) is 3.79. The van der Waals surface area contributed by atoms with Crippen molar-refractivity contribution in [3.05, 3.63) is 65.0 Å². The quantitative estimate of drug-likeness (QED) is 0.823. The lowest BCUT2D eigenvalue weighted by Crippen LogP contribution is -2.29. The molecule has 0 saturated carbocycles. The van der Waals surface area contributed by atoms with Crippen LogP contribution in [0.25, 0.3) is 0 Å². The maximum atomic E-state index is 13.5. The Kier molecular flexibility index (Phi) is 6.06. The van der Waals surface area contributed by atoms with Crippen molar-refractivity contribution in [2.75, 3.05) is 25.0 Å². The molecule has 6 heteroatoms. The highest BCUT2D eigenvalue weighted by atomic mass is 19.1. The van der Waals surface area contributed by atoms with Gasteiger partial charge in [-0.1, -0.05) is 18.2 Å². The summed E-state index contributed by atoms with van der Waals surface area (Å²) in [5.41, 5.74) is 2.73. The number of rotatable bonds is 6. The minimum atomic E-state index is -0.302. The predicted molar refractivity (Wildman–Crippen MR) is 103 cm³/mol. The van der Waals surface area contributed by atoms with Crippen LogP contribution in [0.1, 0.15) is 34.3 Å². The number of benzene rings is 2. The van der Waals surface area contributed by atoms with Gasteiger partial charge in [0, 0.05) is 30.9 Å². The highest BCUT2D eigenvalue weighted by molar-refractivity contribution is 5.94. The number of halogens is 1. The van der Waals surface area contributed by atoms with Crippen LogP contribution in [-0.2, 0) is 11.3 Å². The molecule has 0 bridgehead atoms. The fraction of sp³-hybridized carbons (Fsp3) is 0.333. The maximum absolute atomic E-state index is 13.5. The number of anilines is 1. The summed E-state index contributed by atoms with van der Waals surface area (Å²) < 4.78 is 13.5. The van der Waals surface area contributed by atoms with E-state index in [-0.39, 0.29) is 24.2 Å². The number of aryl methyl sites for hydroxylation is 1. The Hall–Kier alpha value is -2.89. The fourth-order valence-electron chi connectivity index (χ4n) is 3.02. The van der Waals surface area contributed by atoms with Gasteiger partial charge in [-0.15, -0.1) is 0 Å². The smallest absolute Gasteiger partial charge is 0.253 e. The van der Waals surface area contributed by atoms with Crippen LogP contribution in [0, 0.1) is 12.7 Å². The Labute approximate surface area is 158 Å². The molecule has 27 heavy (non-hydrogen) atoms. The molecule has 0 aromatic heterocycles. The summed E-state index contributed by atoms with van der Waals surface area (Å²) in [6.07, 6.45) is 2.14. The number of hydrogen-bond donors (Lipinski definition) is 2. The van der Waals surface area contributed by atoms with Crippen molar-refractivity contribution >= 4 is 17.5 Å². The van der Waals surface area contributed by atoms with Gasteiger partial charge < -0.3 is 15.5 Å². The zero-order valence-electron chi connectivity index (χ0n) is 15.4. The lowest BCUT2D eigenvalue weighted by atomic mass is 10.1. The highest BCUT2D eigenvalue weighted by Gasteiger charge is 2.19. The van der Waals surface area contributed by atoms with Crippen molar-refractivity contribution in [1.82, 2.24) is 10.2 Å². The van der Waals surface area contributed by atoms with Crippen molar-refractivity contribution in [3.8, 4) is 0 Å². The van der Waals surface area contributed by atoms with Crippen molar-refractivity contribution in [2.45, 2.75) is 26.3 Å². The van der Waals surface area contributed by atoms with E-state index in [2.05, 4.69) is 10.6 Å². The third kappa shape index (κ3) is 5.06. The second-order valence-corrected chi connectivity index (χ2v) is 6.79. The van der Waals surface area contributed by atoms with E-state index in [0.29, 0.717) is 23.4 Å². The van der Waals surface area contributed by atoms with Gasteiger partial charge in [-0.25, -0.2) is 4.39 Å². The van der Waals surface area contributed by atoms with Crippen LogP contribution in [0.5, 0.6) is 0 Å². The Morgan fingerprint density at radius 1 is 1.07 bits per heavy atom. The average Bonchev–Trinajstić information content (AvgIpc) is 3.22.